The fourth-order valence-corrected chi connectivity index (χ4v) is 9.84. The van der Waals surface area contributed by atoms with Crippen molar-refractivity contribution in [3.8, 4) is 0 Å². The summed E-state index contributed by atoms with van der Waals surface area (Å²) < 4.78 is 0. The van der Waals surface area contributed by atoms with Crippen molar-refractivity contribution in [1.29, 1.82) is 0 Å². The zero-order valence-electron chi connectivity index (χ0n) is 46.7. The number of Topliss-reactive ketones (excluding diaryl/α,β-unsaturated/α-hetero) is 1. The third kappa shape index (κ3) is 32.4. The van der Waals surface area contributed by atoms with Crippen LogP contribution >= 0.6 is 0 Å². The minimum Gasteiger partial charge on any atom is -0.870 e. The molecule has 0 spiro atoms. The molecule has 2 aliphatic heterocycles. The second kappa shape index (κ2) is 46.7. The Morgan fingerprint density at radius 2 is 0.919 bits per heavy atom. The maximum Gasteiger partial charge on any atom is 1.00 e. The Balaban J connectivity index is 0. The van der Waals surface area contributed by atoms with Crippen molar-refractivity contribution in [2.75, 3.05) is 19.6 Å². The molecule has 6 amide bonds. The quantitative estimate of drug-likeness (QED) is 0.0380. The van der Waals surface area contributed by atoms with Crippen LogP contribution in [0.4, 0.5) is 0 Å². The minimum atomic E-state index is -1.40. The molecule has 414 valence electrons. The van der Waals surface area contributed by atoms with Gasteiger partial charge in [0, 0.05) is 38.4 Å². The monoisotopic (exact) mass is 1060 g/mol. The van der Waals surface area contributed by atoms with E-state index in [0.717, 1.165) is 44.9 Å². The van der Waals surface area contributed by atoms with Crippen molar-refractivity contribution in [3.63, 3.8) is 0 Å². The van der Waals surface area contributed by atoms with E-state index in [1.54, 1.807) is 16.1 Å². The third-order valence-corrected chi connectivity index (χ3v) is 14.2. The molecule has 0 aliphatic carbocycles. The van der Waals surface area contributed by atoms with Crippen molar-refractivity contribution in [2.24, 2.45) is 0 Å². The average Bonchev–Trinajstić information content (AvgIpc) is 4.06. The molecule has 0 aromatic rings. The molecule has 17 nitrogen and oxygen atoms in total. The zero-order chi connectivity index (χ0) is 52.1. The van der Waals surface area contributed by atoms with Crippen LogP contribution < -0.4 is 85.5 Å². The second-order valence-corrected chi connectivity index (χ2v) is 20.2. The molecule has 2 saturated heterocycles. The number of likely N-dealkylation sites (tertiary alicyclic amines) is 2. The van der Waals surface area contributed by atoms with Crippen molar-refractivity contribution in [2.45, 2.75) is 276 Å². The number of hydrogen-bond acceptors (Lipinski definition) is 11. The number of ketones is 1. The van der Waals surface area contributed by atoms with Gasteiger partial charge >= 0.3 is 59.1 Å². The van der Waals surface area contributed by atoms with Gasteiger partial charge in [0.2, 0.25) is 35.4 Å². The van der Waals surface area contributed by atoms with Crippen LogP contribution in [0, 0.1) is 0 Å². The molecule has 5 unspecified atom stereocenters. The number of rotatable bonds is 43. The van der Waals surface area contributed by atoms with Crippen LogP contribution in [-0.2, 0) is 43.2 Å². The number of carbonyl (C=O) groups excluding carboxylic acids is 9. The van der Waals surface area contributed by atoms with E-state index < -0.39 is 66.2 Å². The molecule has 2 fully saturated rings. The van der Waals surface area contributed by atoms with Gasteiger partial charge in [0.15, 0.2) is 5.78 Å². The summed E-state index contributed by atoms with van der Waals surface area (Å²) in [6, 6.07) is -4.74. The number of amides is 6. The van der Waals surface area contributed by atoms with Gasteiger partial charge in [-0.3, -0.25) is 39.8 Å². The van der Waals surface area contributed by atoms with Crippen LogP contribution in [0.25, 0.3) is 0 Å². The van der Waals surface area contributed by atoms with Gasteiger partial charge in [-0.25, -0.2) is 0 Å². The van der Waals surface area contributed by atoms with Gasteiger partial charge in [-0.15, -0.1) is 0 Å². The summed E-state index contributed by atoms with van der Waals surface area (Å²) in [6.45, 7) is 6.82. The molecule has 5 atom stereocenters. The SMILES string of the molecule is CCCCCCCCCCCCCC(=O)N1CCCC1C(=O)NC(CC[C-]=O)C(=O)NCCCCC(NC(=O)C(CCC(=O)[O-])NC(=O)C1CCCN1C(=O)CCCCCCCCCCCCC)C(C)=O.[Na+].[Na+].[OH-]. The first-order valence-electron chi connectivity index (χ1n) is 28.2. The maximum atomic E-state index is 13.6. The molecule has 2 heterocycles. The van der Waals surface area contributed by atoms with E-state index in [0.29, 0.717) is 64.5 Å². The van der Waals surface area contributed by atoms with Crippen molar-refractivity contribution in [1.82, 2.24) is 31.1 Å². The molecule has 5 N–H and O–H groups in total. The first kappa shape index (κ1) is 73.7. The molecule has 0 aromatic heterocycles. The molecule has 0 aromatic carbocycles. The summed E-state index contributed by atoms with van der Waals surface area (Å²) in [7, 11) is 0. The first-order valence-corrected chi connectivity index (χ1v) is 28.2. The van der Waals surface area contributed by atoms with E-state index in [2.05, 4.69) is 35.1 Å². The normalized spacial score (nSPS) is 16.1. The number of hydrogen-bond donors (Lipinski definition) is 4. The Morgan fingerprint density at radius 3 is 1.31 bits per heavy atom. The Labute approximate surface area is 489 Å². The second-order valence-electron chi connectivity index (χ2n) is 20.2. The Morgan fingerprint density at radius 1 is 0.514 bits per heavy atom. The summed E-state index contributed by atoms with van der Waals surface area (Å²) in [5.41, 5.74) is 0. The maximum absolute atomic E-state index is 13.6. The molecule has 2 rings (SSSR count). The molecule has 0 bridgehead atoms. The third-order valence-electron chi connectivity index (χ3n) is 14.2. The van der Waals surface area contributed by atoms with Crippen molar-refractivity contribution < 1.29 is 113 Å². The van der Waals surface area contributed by atoms with Crippen LogP contribution in [0.3, 0.4) is 0 Å². The van der Waals surface area contributed by atoms with Crippen LogP contribution in [-0.4, -0.2) is 119 Å². The van der Waals surface area contributed by atoms with Gasteiger partial charge in [0.1, 0.15) is 24.2 Å². The predicted octanol–water partition coefficient (Wildman–Crippen LogP) is 0.952. The number of carboxylic acids is 1. The number of nitrogens with zero attached hydrogens (tertiary/aromatic N) is 2. The van der Waals surface area contributed by atoms with Gasteiger partial charge in [0.25, 0.3) is 0 Å². The van der Waals surface area contributed by atoms with Gasteiger partial charge in [-0.2, -0.15) is 6.42 Å². The van der Waals surface area contributed by atoms with E-state index in [-0.39, 0.29) is 114 Å². The van der Waals surface area contributed by atoms with Crippen molar-refractivity contribution in [3.05, 3.63) is 0 Å². The Kier molecular flexibility index (Phi) is 46.5. The number of aliphatic carboxylic acids is 1. The molecule has 19 heteroatoms. The fourth-order valence-electron chi connectivity index (χ4n) is 9.84. The van der Waals surface area contributed by atoms with E-state index in [4.69, 9.17) is 0 Å². The molecule has 2 aliphatic rings. The number of carboxylic acid groups (broad SMARTS) is 1. The number of nitrogens with one attached hydrogen (secondary N) is 4. The Bertz CT molecular complexity index is 1610. The van der Waals surface area contributed by atoms with E-state index in [9.17, 15) is 48.3 Å². The molecule has 74 heavy (non-hydrogen) atoms. The van der Waals surface area contributed by atoms with Gasteiger partial charge in [0.05, 0.1) is 6.04 Å². The number of unbranched alkanes of at least 4 members (excludes halogenated alkanes) is 21. The zero-order valence-corrected chi connectivity index (χ0v) is 50.7. The first-order chi connectivity index (χ1) is 34.3. The summed E-state index contributed by atoms with van der Waals surface area (Å²) in [5, 5.41) is 22.3. The van der Waals surface area contributed by atoms with Crippen molar-refractivity contribution >= 4 is 53.5 Å². The number of carbonyl (C=O) groups is 8. The standard InChI is InChI=1S/C55H95N6O10.2Na.H2O/c1-4-6-8-10-12-14-16-18-20-22-24-35-49(64)60-40-28-33-47(60)54(70)58-45(32-30-42-62)52(68)56-39-27-26-31-44(43(3)63)57-53(69)46(37-38-51(66)67)59-55(71)48-34-29-41-61(48)50(65)36-25-23-21-19-17-15-13-11-9-7-5-2;;;/h44-48H,4-41H2,1-3H3,(H,56,68)(H,57,69)(H,58,70)(H,59,71)(H,66,67);;;1H2/q-1;2*+1;/p-2. The smallest absolute Gasteiger partial charge is 0.870 e. The van der Waals surface area contributed by atoms with Gasteiger partial charge in [-0.05, 0) is 84.0 Å². The van der Waals surface area contributed by atoms with E-state index in [1.807, 2.05) is 0 Å². The molecular weight excluding hydrogens is 967 g/mol. The van der Waals surface area contributed by atoms with Crippen LogP contribution in [0.1, 0.15) is 245 Å². The average molecular weight is 1060 g/mol. The summed E-state index contributed by atoms with van der Waals surface area (Å²) in [5.74, 6) is -4.14. The summed E-state index contributed by atoms with van der Waals surface area (Å²) >= 11 is 0. The van der Waals surface area contributed by atoms with Crippen LogP contribution in [0.15, 0.2) is 0 Å². The Hall–Kier alpha value is -2.41. The molecular formula is C55H95N6Na2O11-. The fraction of sp³-hybridized carbons (Fsp3) is 0.836. The largest absolute Gasteiger partial charge is 1.00 e. The van der Waals surface area contributed by atoms with Crippen LogP contribution in [0.5, 0.6) is 0 Å². The topological polar surface area (TPSA) is 261 Å². The van der Waals surface area contributed by atoms with E-state index in [1.165, 1.54) is 103 Å². The van der Waals surface area contributed by atoms with Crippen LogP contribution in [0.2, 0.25) is 0 Å². The summed E-state index contributed by atoms with van der Waals surface area (Å²) in [6.07, 6.45) is 30.5. The predicted molar refractivity (Wildman–Crippen MR) is 276 cm³/mol. The van der Waals surface area contributed by atoms with E-state index >= 15 is 0 Å². The molecule has 0 saturated carbocycles. The van der Waals surface area contributed by atoms with Gasteiger partial charge in [-0.1, -0.05) is 142 Å². The molecule has 0 radical (unpaired) electrons. The minimum absolute atomic E-state index is 0. The van der Waals surface area contributed by atoms with Gasteiger partial charge < -0.3 is 51.2 Å². The summed E-state index contributed by atoms with van der Waals surface area (Å²) in [4.78, 5) is 119.